The zero-order valence-electron chi connectivity index (χ0n) is 10.5. The van der Waals surface area contributed by atoms with E-state index in [9.17, 15) is 4.79 Å². The minimum absolute atomic E-state index is 0.0411. The van der Waals surface area contributed by atoms with E-state index < -0.39 is 0 Å². The Balaban J connectivity index is 2.17. The summed E-state index contributed by atoms with van der Waals surface area (Å²) < 4.78 is 5.28. The summed E-state index contributed by atoms with van der Waals surface area (Å²) in [6.45, 7) is 4.01. The monoisotopic (exact) mass is 236 g/mol. The van der Waals surface area contributed by atoms with Crippen LogP contribution < -0.4 is 5.43 Å². The first kappa shape index (κ1) is 13.5. The highest BCUT2D eigenvalue weighted by molar-refractivity contribution is 5.80. The van der Waals surface area contributed by atoms with Gasteiger partial charge in [0.25, 0.3) is 0 Å². The molecule has 94 valence electrons. The molecule has 0 spiro atoms. The van der Waals surface area contributed by atoms with E-state index in [0.29, 0.717) is 12.2 Å². The Bertz CT molecular complexity index is 369. The van der Waals surface area contributed by atoms with Gasteiger partial charge >= 0.3 is 0 Å². The van der Waals surface area contributed by atoms with E-state index in [1.807, 2.05) is 19.1 Å². The molecule has 1 aromatic rings. The van der Waals surface area contributed by atoms with Crippen LogP contribution in [0.15, 0.2) is 21.7 Å². The Labute approximate surface area is 102 Å². The first-order valence-electron chi connectivity index (χ1n) is 6.10. The summed E-state index contributed by atoms with van der Waals surface area (Å²) in [5.74, 6) is 1.44. The number of hydrogen-bond donors (Lipinski definition) is 1. The lowest BCUT2D eigenvalue weighted by Crippen LogP contribution is -2.16. The number of nitrogens with zero attached hydrogens (tertiary/aromatic N) is 1. The highest BCUT2D eigenvalue weighted by Gasteiger charge is 1.99. The lowest BCUT2D eigenvalue weighted by atomic mass is 10.1. The van der Waals surface area contributed by atoms with Gasteiger partial charge in [0, 0.05) is 6.42 Å². The highest BCUT2D eigenvalue weighted by atomic mass is 16.3. The maximum absolute atomic E-state index is 11.3. The smallest absolute Gasteiger partial charge is 0.240 e. The number of nitrogens with one attached hydrogen (secondary N) is 1. The summed E-state index contributed by atoms with van der Waals surface area (Å²) >= 11 is 0. The minimum Gasteiger partial charge on any atom is -0.460 e. The summed E-state index contributed by atoms with van der Waals surface area (Å²) in [4.78, 5) is 11.3. The molecular weight excluding hydrogens is 216 g/mol. The van der Waals surface area contributed by atoms with Crippen molar-refractivity contribution in [3.63, 3.8) is 0 Å². The number of hydrogen-bond acceptors (Lipinski definition) is 3. The van der Waals surface area contributed by atoms with Crippen molar-refractivity contribution < 1.29 is 9.21 Å². The number of furan rings is 1. The van der Waals surface area contributed by atoms with Gasteiger partial charge < -0.3 is 4.42 Å². The molecule has 0 bridgehead atoms. The molecule has 4 nitrogen and oxygen atoms in total. The second-order valence-corrected chi connectivity index (χ2v) is 4.05. The lowest BCUT2D eigenvalue weighted by molar-refractivity contribution is -0.121. The fourth-order valence-corrected chi connectivity index (χ4v) is 1.46. The van der Waals surface area contributed by atoms with Crippen molar-refractivity contribution in [2.75, 3.05) is 0 Å². The van der Waals surface area contributed by atoms with E-state index in [2.05, 4.69) is 17.5 Å². The van der Waals surface area contributed by atoms with Crippen molar-refractivity contribution in [2.45, 2.75) is 46.0 Å². The topological polar surface area (TPSA) is 54.6 Å². The molecule has 1 heterocycles. The van der Waals surface area contributed by atoms with Crippen LogP contribution in [-0.2, 0) is 4.79 Å². The van der Waals surface area contributed by atoms with E-state index in [-0.39, 0.29) is 5.91 Å². The molecule has 0 aliphatic carbocycles. The molecule has 1 N–H and O–H groups in total. The quantitative estimate of drug-likeness (QED) is 0.449. The van der Waals surface area contributed by atoms with Crippen molar-refractivity contribution in [3.05, 3.63) is 23.7 Å². The van der Waals surface area contributed by atoms with Gasteiger partial charge in [0.1, 0.15) is 11.5 Å². The summed E-state index contributed by atoms with van der Waals surface area (Å²) in [5.41, 5.74) is 2.49. The van der Waals surface area contributed by atoms with Gasteiger partial charge in [-0.05, 0) is 25.5 Å². The number of carbonyl (C=O) groups is 1. The first-order valence-corrected chi connectivity index (χ1v) is 6.10. The molecule has 0 aliphatic rings. The van der Waals surface area contributed by atoms with Crippen LogP contribution >= 0.6 is 0 Å². The van der Waals surface area contributed by atoms with Gasteiger partial charge in [-0.3, -0.25) is 4.79 Å². The molecule has 0 atom stereocenters. The largest absolute Gasteiger partial charge is 0.460 e. The van der Waals surface area contributed by atoms with E-state index in [4.69, 9.17) is 4.42 Å². The van der Waals surface area contributed by atoms with Crippen LogP contribution in [0.4, 0.5) is 0 Å². The third-order valence-corrected chi connectivity index (χ3v) is 2.40. The Kier molecular flexibility index (Phi) is 6.07. The summed E-state index contributed by atoms with van der Waals surface area (Å²) in [6.07, 6.45) is 6.44. The zero-order valence-corrected chi connectivity index (χ0v) is 10.5. The van der Waals surface area contributed by atoms with Crippen LogP contribution in [0.5, 0.6) is 0 Å². The van der Waals surface area contributed by atoms with Crippen molar-refractivity contribution in [3.8, 4) is 0 Å². The van der Waals surface area contributed by atoms with Gasteiger partial charge in [-0.25, -0.2) is 5.43 Å². The van der Waals surface area contributed by atoms with Crippen molar-refractivity contribution in [2.24, 2.45) is 5.10 Å². The van der Waals surface area contributed by atoms with Crippen molar-refractivity contribution in [1.82, 2.24) is 5.43 Å². The van der Waals surface area contributed by atoms with E-state index in [1.54, 1.807) is 0 Å². The second kappa shape index (κ2) is 7.65. The standard InChI is InChI=1S/C13H20N2O2/c1-3-4-5-6-7-13(16)15-14-10-12-9-8-11(2)17-12/h8-10H,3-7H2,1-2H3,(H,15,16). The Morgan fingerprint density at radius 1 is 1.41 bits per heavy atom. The molecule has 1 amide bonds. The van der Waals surface area contributed by atoms with Gasteiger partial charge in [-0.15, -0.1) is 0 Å². The lowest BCUT2D eigenvalue weighted by Gasteiger charge is -1.98. The molecule has 0 saturated heterocycles. The molecule has 0 aromatic carbocycles. The third kappa shape index (κ3) is 5.90. The summed E-state index contributed by atoms with van der Waals surface area (Å²) in [6, 6.07) is 3.67. The Morgan fingerprint density at radius 2 is 2.24 bits per heavy atom. The van der Waals surface area contributed by atoms with Crippen molar-refractivity contribution in [1.29, 1.82) is 0 Å². The molecule has 0 unspecified atom stereocenters. The predicted molar refractivity (Wildman–Crippen MR) is 67.9 cm³/mol. The molecule has 0 radical (unpaired) electrons. The fourth-order valence-electron chi connectivity index (χ4n) is 1.46. The van der Waals surface area contributed by atoms with Crippen LogP contribution in [0.3, 0.4) is 0 Å². The number of amides is 1. The molecule has 0 saturated carbocycles. The summed E-state index contributed by atoms with van der Waals surface area (Å²) in [5, 5.41) is 3.84. The molecule has 4 heteroatoms. The van der Waals surface area contributed by atoms with Gasteiger partial charge in [-0.2, -0.15) is 5.10 Å². The second-order valence-electron chi connectivity index (χ2n) is 4.05. The van der Waals surface area contributed by atoms with Gasteiger partial charge in [0.15, 0.2) is 0 Å². The normalized spacial score (nSPS) is 10.9. The maximum atomic E-state index is 11.3. The zero-order chi connectivity index (χ0) is 12.5. The fraction of sp³-hybridized carbons (Fsp3) is 0.538. The molecular formula is C13H20N2O2. The Hall–Kier alpha value is -1.58. The number of unbranched alkanes of at least 4 members (excludes halogenated alkanes) is 3. The van der Waals surface area contributed by atoms with Gasteiger partial charge in [0.05, 0.1) is 6.21 Å². The van der Waals surface area contributed by atoms with E-state index in [1.165, 1.54) is 19.1 Å². The average molecular weight is 236 g/mol. The molecule has 1 rings (SSSR count). The SMILES string of the molecule is CCCCCCC(=O)NN=Cc1ccc(C)o1. The van der Waals surface area contributed by atoms with Crippen LogP contribution in [0, 0.1) is 6.92 Å². The average Bonchev–Trinajstić information content (AvgIpc) is 2.71. The number of carbonyl (C=O) groups excluding carboxylic acids is 1. The number of rotatable bonds is 7. The highest BCUT2D eigenvalue weighted by Crippen LogP contribution is 2.03. The van der Waals surface area contributed by atoms with Crippen LogP contribution in [-0.4, -0.2) is 12.1 Å². The predicted octanol–water partition coefficient (Wildman–Crippen LogP) is 3.01. The number of aryl methyl sites for hydroxylation is 1. The van der Waals surface area contributed by atoms with Gasteiger partial charge in [-0.1, -0.05) is 26.2 Å². The van der Waals surface area contributed by atoms with Crippen LogP contribution in [0.1, 0.15) is 50.5 Å². The molecule has 1 aromatic heterocycles. The Morgan fingerprint density at radius 3 is 2.88 bits per heavy atom. The minimum atomic E-state index is -0.0411. The summed E-state index contributed by atoms with van der Waals surface area (Å²) in [7, 11) is 0. The first-order chi connectivity index (χ1) is 8.22. The molecule has 0 aliphatic heterocycles. The van der Waals surface area contributed by atoms with Gasteiger partial charge in [0.2, 0.25) is 5.91 Å². The van der Waals surface area contributed by atoms with Crippen molar-refractivity contribution >= 4 is 12.1 Å². The maximum Gasteiger partial charge on any atom is 0.240 e. The van der Waals surface area contributed by atoms with E-state index in [0.717, 1.165) is 18.6 Å². The van der Waals surface area contributed by atoms with Crippen LogP contribution in [0.2, 0.25) is 0 Å². The molecule has 17 heavy (non-hydrogen) atoms. The third-order valence-electron chi connectivity index (χ3n) is 2.40. The van der Waals surface area contributed by atoms with E-state index >= 15 is 0 Å². The molecule has 0 fully saturated rings. The number of hydrazone groups is 1. The van der Waals surface area contributed by atoms with Crippen LogP contribution in [0.25, 0.3) is 0 Å².